The first-order chi connectivity index (χ1) is 14.1. The second-order valence-corrected chi connectivity index (χ2v) is 7.12. The third-order valence-corrected chi connectivity index (χ3v) is 5.33. The summed E-state index contributed by atoms with van der Waals surface area (Å²) >= 11 is 0. The zero-order valence-electron chi connectivity index (χ0n) is 16.9. The molecule has 0 saturated carbocycles. The number of ether oxygens (including phenoxy) is 1. The van der Waals surface area contributed by atoms with Gasteiger partial charge in [0.05, 0.1) is 6.61 Å². The summed E-state index contributed by atoms with van der Waals surface area (Å²) in [5, 5.41) is 2.75. The molecule has 2 amide bonds. The molecule has 1 saturated heterocycles. The number of carbonyl (C=O) groups excluding carboxylic acids is 2. The van der Waals surface area contributed by atoms with Gasteiger partial charge < -0.3 is 15.0 Å². The predicted molar refractivity (Wildman–Crippen MR) is 114 cm³/mol. The van der Waals surface area contributed by atoms with Crippen LogP contribution in [0.3, 0.4) is 0 Å². The Morgan fingerprint density at radius 1 is 1.14 bits per heavy atom. The van der Waals surface area contributed by atoms with Crippen LogP contribution < -0.4 is 10.1 Å². The molecule has 0 radical (unpaired) electrons. The average molecular weight is 392 g/mol. The van der Waals surface area contributed by atoms with Crippen molar-refractivity contribution in [3.8, 4) is 5.75 Å². The molecule has 2 aromatic carbocycles. The molecule has 1 fully saturated rings. The second kappa shape index (κ2) is 9.92. The minimum Gasteiger partial charge on any atom is -0.494 e. The highest BCUT2D eigenvalue weighted by Gasteiger charge is 2.27. The molecule has 3 rings (SSSR count). The van der Waals surface area contributed by atoms with Crippen LogP contribution in [0.4, 0.5) is 0 Å². The van der Waals surface area contributed by atoms with Crippen LogP contribution in [0.5, 0.6) is 5.75 Å². The Morgan fingerprint density at radius 2 is 1.83 bits per heavy atom. The van der Waals surface area contributed by atoms with Crippen molar-refractivity contribution in [1.82, 2.24) is 10.2 Å². The SMILES string of the molecule is C=CC(=O)NCc1ccccc1C(=O)N1CCC(c2ccccc2OCC)CC1. The van der Waals surface area contributed by atoms with Crippen molar-refractivity contribution in [2.75, 3.05) is 19.7 Å². The zero-order chi connectivity index (χ0) is 20.6. The van der Waals surface area contributed by atoms with Crippen molar-refractivity contribution in [3.05, 3.63) is 77.9 Å². The van der Waals surface area contributed by atoms with Gasteiger partial charge in [0.15, 0.2) is 0 Å². The van der Waals surface area contributed by atoms with E-state index >= 15 is 0 Å². The van der Waals surface area contributed by atoms with E-state index in [1.54, 1.807) is 0 Å². The van der Waals surface area contributed by atoms with Crippen molar-refractivity contribution >= 4 is 11.8 Å². The fraction of sp³-hybridized carbons (Fsp3) is 0.333. The molecule has 1 N–H and O–H groups in total. The van der Waals surface area contributed by atoms with Gasteiger partial charge in [-0.1, -0.05) is 43.0 Å². The smallest absolute Gasteiger partial charge is 0.254 e. The van der Waals surface area contributed by atoms with E-state index in [0.29, 0.717) is 37.7 Å². The molecular weight excluding hydrogens is 364 g/mol. The van der Waals surface area contributed by atoms with Gasteiger partial charge in [-0.3, -0.25) is 9.59 Å². The van der Waals surface area contributed by atoms with Crippen LogP contribution in [0.1, 0.15) is 47.2 Å². The molecule has 152 valence electrons. The molecule has 0 aliphatic carbocycles. The van der Waals surface area contributed by atoms with Crippen LogP contribution in [0.25, 0.3) is 0 Å². The number of hydrogen-bond donors (Lipinski definition) is 1. The van der Waals surface area contributed by atoms with Gasteiger partial charge in [-0.2, -0.15) is 0 Å². The zero-order valence-corrected chi connectivity index (χ0v) is 16.9. The maximum atomic E-state index is 13.1. The highest BCUT2D eigenvalue weighted by atomic mass is 16.5. The Bertz CT molecular complexity index is 870. The van der Waals surface area contributed by atoms with E-state index < -0.39 is 0 Å². The number of likely N-dealkylation sites (tertiary alicyclic amines) is 1. The minimum absolute atomic E-state index is 0.0185. The lowest BCUT2D eigenvalue weighted by Gasteiger charge is -2.33. The van der Waals surface area contributed by atoms with Gasteiger partial charge in [0, 0.05) is 25.2 Å². The molecule has 0 bridgehead atoms. The van der Waals surface area contributed by atoms with Crippen LogP contribution in [-0.4, -0.2) is 36.4 Å². The van der Waals surface area contributed by atoms with Gasteiger partial charge in [0.2, 0.25) is 5.91 Å². The fourth-order valence-electron chi connectivity index (χ4n) is 3.81. The summed E-state index contributed by atoms with van der Waals surface area (Å²) in [6, 6.07) is 15.6. The fourth-order valence-corrected chi connectivity index (χ4v) is 3.81. The number of nitrogens with one attached hydrogen (secondary N) is 1. The molecule has 2 aromatic rings. The lowest BCUT2D eigenvalue weighted by molar-refractivity contribution is -0.116. The summed E-state index contributed by atoms with van der Waals surface area (Å²) in [5.41, 5.74) is 2.69. The number of rotatable bonds is 7. The van der Waals surface area contributed by atoms with E-state index in [1.807, 2.05) is 54.3 Å². The monoisotopic (exact) mass is 392 g/mol. The van der Waals surface area contributed by atoms with Crippen molar-refractivity contribution < 1.29 is 14.3 Å². The number of carbonyl (C=O) groups is 2. The molecule has 1 heterocycles. The van der Waals surface area contributed by atoms with Gasteiger partial charge in [0.1, 0.15) is 5.75 Å². The van der Waals surface area contributed by atoms with Crippen molar-refractivity contribution in [2.24, 2.45) is 0 Å². The van der Waals surface area contributed by atoms with Gasteiger partial charge >= 0.3 is 0 Å². The van der Waals surface area contributed by atoms with Gasteiger partial charge in [-0.05, 0) is 55.0 Å². The van der Waals surface area contributed by atoms with Gasteiger partial charge in [-0.15, -0.1) is 0 Å². The maximum Gasteiger partial charge on any atom is 0.254 e. The molecular formula is C24H28N2O3. The molecule has 1 aliphatic rings. The lowest BCUT2D eigenvalue weighted by atomic mass is 9.88. The third kappa shape index (κ3) is 5.05. The molecule has 5 heteroatoms. The Hall–Kier alpha value is -3.08. The first kappa shape index (κ1) is 20.6. The van der Waals surface area contributed by atoms with Crippen LogP contribution in [0.2, 0.25) is 0 Å². The standard InChI is InChI=1S/C24H28N2O3/c1-3-23(27)25-17-19-9-5-6-11-21(19)24(28)26-15-13-18(14-16-26)20-10-7-8-12-22(20)29-4-2/h3,5-12,18H,1,4,13-17H2,2H3,(H,25,27). The topological polar surface area (TPSA) is 58.6 Å². The highest BCUT2D eigenvalue weighted by molar-refractivity contribution is 5.96. The molecule has 0 aromatic heterocycles. The number of amides is 2. The number of piperidine rings is 1. The molecule has 29 heavy (non-hydrogen) atoms. The van der Waals surface area contributed by atoms with E-state index in [0.717, 1.165) is 24.2 Å². The normalized spacial score (nSPS) is 14.3. The van der Waals surface area contributed by atoms with E-state index in [4.69, 9.17) is 4.74 Å². The third-order valence-electron chi connectivity index (χ3n) is 5.33. The number of hydrogen-bond acceptors (Lipinski definition) is 3. The molecule has 0 spiro atoms. The van der Waals surface area contributed by atoms with Crippen molar-refractivity contribution in [3.63, 3.8) is 0 Å². The van der Waals surface area contributed by atoms with E-state index in [2.05, 4.69) is 18.0 Å². The molecule has 0 unspecified atom stereocenters. The molecule has 5 nitrogen and oxygen atoms in total. The summed E-state index contributed by atoms with van der Waals surface area (Å²) < 4.78 is 5.78. The summed E-state index contributed by atoms with van der Waals surface area (Å²) in [5.74, 6) is 1.11. The first-order valence-electron chi connectivity index (χ1n) is 10.1. The second-order valence-electron chi connectivity index (χ2n) is 7.12. The highest BCUT2D eigenvalue weighted by Crippen LogP contribution is 2.34. The van der Waals surface area contributed by atoms with Gasteiger partial charge in [-0.25, -0.2) is 0 Å². The number of benzene rings is 2. The number of nitrogens with zero attached hydrogens (tertiary/aromatic N) is 1. The van der Waals surface area contributed by atoms with Crippen LogP contribution in [-0.2, 0) is 11.3 Å². The summed E-state index contributed by atoms with van der Waals surface area (Å²) in [6.45, 7) is 7.82. The maximum absolute atomic E-state index is 13.1. The van der Waals surface area contributed by atoms with Gasteiger partial charge in [0.25, 0.3) is 5.91 Å². The summed E-state index contributed by atoms with van der Waals surface area (Å²) in [7, 11) is 0. The Labute approximate surface area is 172 Å². The largest absolute Gasteiger partial charge is 0.494 e. The van der Waals surface area contributed by atoms with E-state index in [1.165, 1.54) is 11.6 Å². The van der Waals surface area contributed by atoms with E-state index in [-0.39, 0.29) is 11.8 Å². The first-order valence-corrected chi connectivity index (χ1v) is 10.1. The average Bonchev–Trinajstić information content (AvgIpc) is 2.78. The van der Waals surface area contributed by atoms with Crippen LogP contribution in [0, 0.1) is 0 Å². The van der Waals surface area contributed by atoms with Crippen molar-refractivity contribution in [2.45, 2.75) is 32.2 Å². The lowest BCUT2D eigenvalue weighted by Crippen LogP contribution is -2.38. The van der Waals surface area contributed by atoms with E-state index in [9.17, 15) is 9.59 Å². The number of para-hydroxylation sites is 1. The summed E-state index contributed by atoms with van der Waals surface area (Å²) in [6.07, 6.45) is 3.05. The Balaban J connectivity index is 1.67. The Morgan fingerprint density at radius 3 is 2.55 bits per heavy atom. The quantitative estimate of drug-likeness (QED) is 0.727. The minimum atomic E-state index is -0.249. The van der Waals surface area contributed by atoms with Crippen LogP contribution in [0.15, 0.2) is 61.2 Å². The molecule has 0 atom stereocenters. The predicted octanol–water partition coefficient (Wildman–Crippen LogP) is 3.91. The Kier molecular flexibility index (Phi) is 7.06. The van der Waals surface area contributed by atoms with Crippen molar-refractivity contribution in [1.29, 1.82) is 0 Å². The van der Waals surface area contributed by atoms with Crippen LogP contribution >= 0.6 is 0 Å². The molecule has 1 aliphatic heterocycles. The summed E-state index contributed by atoms with van der Waals surface area (Å²) in [4.78, 5) is 26.5.